The Hall–Kier alpha value is -4.42. The summed E-state index contributed by atoms with van der Waals surface area (Å²) < 4.78 is 7.05. The average Bonchev–Trinajstić information content (AvgIpc) is 3.60. The highest BCUT2D eigenvalue weighted by atomic mass is 16.3. The van der Waals surface area contributed by atoms with Crippen molar-refractivity contribution in [1.29, 1.82) is 0 Å². The number of rotatable bonds is 6. The van der Waals surface area contributed by atoms with Gasteiger partial charge < -0.3 is 15.1 Å². The summed E-state index contributed by atoms with van der Waals surface area (Å²) in [5.74, 6) is -0.478. The summed E-state index contributed by atoms with van der Waals surface area (Å²) in [6.07, 6.45) is 8.71. The molecule has 5 rings (SSSR count). The molecule has 2 N–H and O–H groups in total. The van der Waals surface area contributed by atoms with Gasteiger partial charge >= 0.3 is 0 Å². The molecule has 13 nitrogen and oxygen atoms in total. The van der Waals surface area contributed by atoms with Gasteiger partial charge in [0.15, 0.2) is 11.4 Å². The maximum absolute atomic E-state index is 12.8. The molecule has 32 heavy (non-hydrogen) atoms. The zero-order valence-corrected chi connectivity index (χ0v) is 16.8. The molecule has 1 fully saturated rings. The molecular weight excluding hydrogens is 416 g/mol. The maximum atomic E-state index is 12.8. The lowest BCUT2D eigenvalue weighted by atomic mass is 10.2. The lowest BCUT2D eigenvalue weighted by Crippen LogP contribution is -2.29. The van der Waals surface area contributed by atoms with E-state index in [1.807, 2.05) is 12.1 Å². The van der Waals surface area contributed by atoms with E-state index in [2.05, 4.69) is 30.5 Å². The summed E-state index contributed by atoms with van der Waals surface area (Å²) in [6, 6.07) is 3.58. The van der Waals surface area contributed by atoms with Crippen molar-refractivity contribution >= 4 is 11.8 Å². The second-order valence-corrected chi connectivity index (χ2v) is 7.27. The molecule has 0 saturated carbocycles. The molecule has 2 amide bonds. The number of hydrogen-bond donors (Lipinski definition) is 1. The minimum atomic E-state index is -0.639. The monoisotopic (exact) mass is 434 g/mol. The first kappa shape index (κ1) is 19.5. The third-order valence-electron chi connectivity index (χ3n) is 5.15. The van der Waals surface area contributed by atoms with Crippen LogP contribution in [-0.2, 0) is 6.42 Å². The summed E-state index contributed by atoms with van der Waals surface area (Å²) in [4.78, 5) is 35.9. The fraction of sp³-hybridized carbons (Fsp3) is 0.263. The van der Waals surface area contributed by atoms with Crippen LogP contribution >= 0.6 is 0 Å². The zero-order chi connectivity index (χ0) is 22.1. The fourth-order valence-electron chi connectivity index (χ4n) is 3.51. The lowest BCUT2D eigenvalue weighted by molar-refractivity contribution is 0.0780. The van der Waals surface area contributed by atoms with Crippen LogP contribution in [-0.4, -0.2) is 69.8 Å². The Kier molecular flexibility index (Phi) is 4.89. The van der Waals surface area contributed by atoms with Gasteiger partial charge in [-0.25, -0.2) is 9.67 Å². The number of carbonyl (C=O) groups is 2. The third-order valence-corrected chi connectivity index (χ3v) is 5.15. The topological polar surface area (TPSA) is 164 Å². The molecule has 1 unspecified atom stereocenters. The van der Waals surface area contributed by atoms with Gasteiger partial charge in [-0.15, -0.1) is 5.10 Å². The van der Waals surface area contributed by atoms with Crippen molar-refractivity contribution in [2.24, 2.45) is 5.73 Å². The van der Waals surface area contributed by atoms with E-state index < -0.39 is 5.91 Å². The van der Waals surface area contributed by atoms with Crippen molar-refractivity contribution in [2.45, 2.75) is 18.9 Å². The van der Waals surface area contributed by atoms with Gasteiger partial charge in [0, 0.05) is 18.8 Å². The fourth-order valence-corrected chi connectivity index (χ4v) is 3.51. The highest BCUT2D eigenvalue weighted by Crippen LogP contribution is 2.22. The van der Waals surface area contributed by atoms with Gasteiger partial charge in [0.1, 0.15) is 12.0 Å². The number of nitrogens with zero attached hydrogens (tertiary/aromatic N) is 9. The van der Waals surface area contributed by atoms with Crippen LogP contribution in [0.5, 0.6) is 0 Å². The number of nitrogens with two attached hydrogens (primary N) is 1. The highest BCUT2D eigenvalue weighted by Gasteiger charge is 2.30. The Morgan fingerprint density at radius 2 is 2.03 bits per heavy atom. The maximum Gasteiger partial charge on any atom is 0.275 e. The molecular formula is C19H18N10O3. The first-order valence-electron chi connectivity index (χ1n) is 9.84. The smallest absolute Gasteiger partial charge is 0.275 e. The predicted octanol–water partition coefficient (Wildman–Crippen LogP) is 0.0187. The number of aromatic nitrogens is 8. The third kappa shape index (κ3) is 3.82. The zero-order valence-electron chi connectivity index (χ0n) is 16.8. The van der Waals surface area contributed by atoms with Crippen molar-refractivity contribution in [3.63, 3.8) is 0 Å². The number of hydrogen-bond acceptors (Lipinski definition) is 9. The summed E-state index contributed by atoms with van der Waals surface area (Å²) in [7, 11) is 0. The first-order chi connectivity index (χ1) is 15.6. The molecule has 1 aliphatic heterocycles. The van der Waals surface area contributed by atoms with Gasteiger partial charge in [-0.2, -0.15) is 15.0 Å². The molecule has 4 aromatic heterocycles. The van der Waals surface area contributed by atoms with Crippen LogP contribution in [0.4, 0.5) is 0 Å². The molecule has 162 valence electrons. The molecule has 1 atom stereocenters. The second kappa shape index (κ2) is 8.02. The van der Waals surface area contributed by atoms with Crippen LogP contribution in [0.1, 0.15) is 45.0 Å². The Balaban J connectivity index is 1.21. The molecule has 0 spiro atoms. The SMILES string of the molecule is NC(=O)c1cn(C2CCN(C(=O)c3coc(Cc4ccc(-n5nccn5)cn4)n3)C2)nn1. The van der Waals surface area contributed by atoms with E-state index in [9.17, 15) is 9.59 Å². The van der Waals surface area contributed by atoms with E-state index in [0.717, 1.165) is 11.4 Å². The van der Waals surface area contributed by atoms with E-state index in [1.54, 1.807) is 28.2 Å². The minimum absolute atomic E-state index is 0.0853. The number of primary amides is 1. The number of pyridine rings is 1. The van der Waals surface area contributed by atoms with Crippen molar-refractivity contribution in [1.82, 2.24) is 44.9 Å². The van der Waals surface area contributed by atoms with Crippen LogP contribution in [0.15, 0.2) is 47.6 Å². The van der Waals surface area contributed by atoms with Crippen molar-refractivity contribution in [2.75, 3.05) is 13.1 Å². The summed E-state index contributed by atoms with van der Waals surface area (Å²) in [5, 5.41) is 15.8. The quantitative estimate of drug-likeness (QED) is 0.440. The van der Waals surface area contributed by atoms with Crippen LogP contribution in [0, 0.1) is 0 Å². The average molecular weight is 434 g/mol. The molecule has 4 aromatic rings. The number of carbonyl (C=O) groups excluding carboxylic acids is 2. The predicted molar refractivity (Wildman–Crippen MR) is 107 cm³/mol. The van der Waals surface area contributed by atoms with Crippen LogP contribution in [0.2, 0.25) is 0 Å². The van der Waals surface area contributed by atoms with E-state index in [1.165, 1.54) is 17.3 Å². The van der Waals surface area contributed by atoms with Crippen LogP contribution in [0.25, 0.3) is 5.69 Å². The molecule has 0 aromatic carbocycles. The van der Waals surface area contributed by atoms with Crippen LogP contribution < -0.4 is 5.73 Å². The van der Waals surface area contributed by atoms with Crippen molar-refractivity contribution in [3.8, 4) is 5.69 Å². The van der Waals surface area contributed by atoms with Gasteiger partial charge in [-0.05, 0) is 18.6 Å². The Bertz CT molecular complexity index is 1240. The summed E-state index contributed by atoms with van der Waals surface area (Å²) >= 11 is 0. The molecule has 0 aliphatic carbocycles. The Labute approximate surface area is 180 Å². The first-order valence-corrected chi connectivity index (χ1v) is 9.84. The van der Waals surface area contributed by atoms with E-state index >= 15 is 0 Å². The highest BCUT2D eigenvalue weighted by molar-refractivity contribution is 5.92. The number of likely N-dealkylation sites (tertiary alicyclic amines) is 1. The van der Waals surface area contributed by atoms with Gasteiger partial charge in [-0.3, -0.25) is 14.6 Å². The van der Waals surface area contributed by atoms with Gasteiger partial charge in [0.2, 0.25) is 5.89 Å². The summed E-state index contributed by atoms with van der Waals surface area (Å²) in [5.41, 5.74) is 7.01. The Morgan fingerprint density at radius 3 is 2.75 bits per heavy atom. The largest absolute Gasteiger partial charge is 0.448 e. The van der Waals surface area contributed by atoms with E-state index in [4.69, 9.17) is 10.2 Å². The Morgan fingerprint density at radius 1 is 1.19 bits per heavy atom. The molecule has 0 bridgehead atoms. The van der Waals surface area contributed by atoms with Gasteiger partial charge in [0.05, 0.1) is 37.3 Å². The normalized spacial score (nSPS) is 15.9. The lowest BCUT2D eigenvalue weighted by Gasteiger charge is -2.14. The molecule has 1 aliphatic rings. The van der Waals surface area contributed by atoms with E-state index in [0.29, 0.717) is 31.8 Å². The van der Waals surface area contributed by atoms with Gasteiger partial charge in [-0.1, -0.05) is 5.21 Å². The molecule has 5 heterocycles. The molecule has 0 radical (unpaired) electrons. The van der Waals surface area contributed by atoms with Crippen molar-refractivity contribution < 1.29 is 14.0 Å². The van der Waals surface area contributed by atoms with Crippen LogP contribution in [0.3, 0.4) is 0 Å². The van der Waals surface area contributed by atoms with Crippen molar-refractivity contribution in [3.05, 3.63) is 66.2 Å². The molecule has 1 saturated heterocycles. The summed E-state index contributed by atoms with van der Waals surface area (Å²) in [6.45, 7) is 0.953. The standard InChI is InChI=1S/C19H18N10O3/c20-18(30)15-10-28(26-25-15)14-3-6-27(9-14)19(31)16-11-32-17(24-16)7-12-1-2-13(8-21-12)29-22-4-5-23-29/h1-2,4-5,8,10-11,14H,3,6-7,9H2,(H2,20,30). The number of oxazole rings is 1. The second-order valence-electron chi connectivity index (χ2n) is 7.27. The van der Waals surface area contributed by atoms with Gasteiger partial charge in [0.25, 0.3) is 11.8 Å². The van der Waals surface area contributed by atoms with E-state index in [-0.39, 0.29) is 23.3 Å². The number of amides is 2. The molecule has 13 heteroatoms. The minimum Gasteiger partial charge on any atom is -0.448 e.